The van der Waals surface area contributed by atoms with E-state index in [1.807, 2.05) is 19.9 Å². The van der Waals surface area contributed by atoms with Gasteiger partial charge < -0.3 is 14.8 Å². The Kier molecular flexibility index (Phi) is 5.24. The molecule has 8 nitrogen and oxygen atoms in total. The number of hydrogen-bond acceptors (Lipinski definition) is 6. The van der Waals surface area contributed by atoms with Crippen LogP contribution in [0.1, 0.15) is 44.2 Å². The van der Waals surface area contributed by atoms with Gasteiger partial charge in [0.1, 0.15) is 5.65 Å². The third-order valence-electron chi connectivity index (χ3n) is 4.39. The molecule has 1 fully saturated rings. The van der Waals surface area contributed by atoms with Crippen LogP contribution >= 0.6 is 12.4 Å². The quantitative estimate of drug-likeness (QED) is 0.727. The zero-order chi connectivity index (χ0) is 17.4. The lowest BCUT2D eigenvalue weighted by molar-refractivity contribution is 0.411. The first kappa shape index (κ1) is 18.3. The van der Waals surface area contributed by atoms with E-state index in [2.05, 4.69) is 25.5 Å². The van der Waals surface area contributed by atoms with Crippen LogP contribution in [0.5, 0.6) is 0 Å². The van der Waals surface area contributed by atoms with Gasteiger partial charge in [-0.05, 0) is 39.8 Å². The van der Waals surface area contributed by atoms with E-state index in [4.69, 9.17) is 4.52 Å². The van der Waals surface area contributed by atoms with Gasteiger partial charge in [0.05, 0.1) is 17.5 Å². The lowest BCUT2D eigenvalue weighted by Gasteiger charge is -2.23. The fourth-order valence-electron chi connectivity index (χ4n) is 3.24. The Balaban J connectivity index is 0.00000196. The van der Waals surface area contributed by atoms with Crippen molar-refractivity contribution < 1.29 is 4.52 Å². The molecule has 0 amide bonds. The Morgan fingerprint density at radius 1 is 1.35 bits per heavy atom. The van der Waals surface area contributed by atoms with Crippen LogP contribution in [-0.2, 0) is 0 Å². The van der Waals surface area contributed by atoms with Crippen LogP contribution in [0.15, 0.2) is 27.2 Å². The maximum absolute atomic E-state index is 12.2. The number of halogens is 1. The summed E-state index contributed by atoms with van der Waals surface area (Å²) in [6, 6.07) is 1.64. The van der Waals surface area contributed by atoms with Crippen molar-refractivity contribution in [3.05, 3.63) is 39.8 Å². The average Bonchev–Trinajstić information content (AvgIpc) is 3.21. The van der Waals surface area contributed by atoms with Crippen molar-refractivity contribution >= 4 is 24.1 Å². The molecule has 3 aromatic rings. The van der Waals surface area contributed by atoms with Gasteiger partial charge in [0.25, 0.3) is 11.4 Å². The molecule has 0 spiro atoms. The SMILES string of the molecule is CC(C)=Cc1nc(-c2cnn3c(C4CCNCC4)cc(=O)[nH]c23)no1.Cl. The second-order valence-corrected chi connectivity index (χ2v) is 6.58. The van der Waals surface area contributed by atoms with E-state index in [-0.39, 0.29) is 18.0 Å². The standard InChI is InChI=1S/C17H20N6O2.ClH/c1-10(2)7-15-21-16(22-25-15)12-9-19-23-13(8-14(24)20-17(12)23)11-3-5-18-6-4-11;/h7-9,11,18H,3-6H2,1-2H3,(H,20,24);1H. The van der Waals surface area contributed by atoms with Crippen molar-refractivity contribution in [3.8, 4) is 11.4 Å². The molecule has 0 atom stereocenters. The van der Waals surface area contributed by atoms with Crippen molar-refractivity contribution in [1.82, 2.24) is 30.1 Å². The largest absolute Gasteiger partial charge is 0.334 e. The highest BCUT2D eigenvalue weighted by Crippen LogP contribution is 2.27. The molecule has 4 rings (SSSR count). The molecule has 1 aliphatic heterocycles. The maximum atomic E-state index is 12.2. The van der Waals surface area contributed by atoms with Gasteiger partial charge in [-0.25, -0.2) is 4.52 Å². The summed E-state index contributed by atoms with van der Waals surface area (Å²) in [4.78, 5) is 19.4. The van der Waals surface area contributed by atoms with E-state index in [1.54, 1.807) is 16.8 Å². The number of H-pyrrole nitrogens is 1. The van der Waals surface area contributed by atoms with Crippen LogP contribution in [0.2, 0.25) is 0 Å². The zero-order valence-electron chi connectivity index (χ0n) is 14.7. The fourth-order valence-corrected chi connectivity index (χ4v) is 3.24. The number of hydrogen-bond donors (Lipinski definition) is 2. The Labute approximate surface area is 156 Å². The number of piperidine rings is 1. The van der Waals surface area contributed by atoms with Gasteiger partial charge in [-0.3, -0.25) is 4.79 Å². The van der Waals surface area contributed by atoms with Crippen molar-refractivity contribution in [2.24, 2.45) is 0 Å². The van der Waals surface area contributed by atoms with Gasteiger partial charge in [-0.15, -0.1) is 12.4 Å². The number of rotatable bonds is 3. The first-order chi connectivity index (χ1) is 12.1. The minimum absolute atomic E-state index is 0. The molecular weight excluding hydrogens is 356 g/mol. The highest BCUT2D eigenvalue weighted by molar-refractivity contribution is 5.85. The van der Waals surface area contributed by atoms with Gasteiger partial charge in [-0.2, -0.15) is 10.1 Å². The van der Waals surface area contributed by atoms with Crippen LogP contribution in [0, 0.1) is 0 Å². The van der Waals surface area contributed by atoms with Gasteiger partial charge in [0.2, 0.25) is 5.82 Å². The molecule has 1 aliphatic rings. The first-order valence-corrected chi connectivity index (χ1v) is 8.42. The van der Waals surface area contributed by atoms with Crippen LogP contribution in [0.4, 0.5) is 0 Å². The van der Waals surface area contributed by atoms with Crippen molar-refractivity contribution in [3.63, 3.8) is 0 Å². The Bertz CT molecular complexity index is 992. The predicted molar refractivity (Wildman–Crippen MR) is 101 cm³/mol. The summed E-state index contributed by atoms with van der Waals surface area (Å²) in [5.41, 5.74) is 3.11. The molecule has 9 heteroatoms. The van der Waals surface area contributed by atoms with E-state index in [0.29, 0.717) is 28.8 Å². The number of aromatic nitrogens is 5. The Morgan fingerprint density at radius 2 is 2.12 bits per heavy atom. The topological polar surface area (TPSA) is 101 Å². The lowest BCUT2D eigenvalue weighted by atomic mass is 9.94. The minimum Gasteiger partial charge on any atom is -0.334 e. The molecule has 26 heavy (non-hydrogen) atoms. The number of aromatic amines is 1. The molecule has 1 saturated heterocycles. The second-order valence-electron chi connectivity index (χ2n) is 6.58. The summed E-state index contributed by atoms with van der Waals surface area (Å²) >= 11 is 0. The molecule has 138 valence electrons. The summed E-state index contributed by atoms with van der Waals surface area (Å²) in [7, 11) is 0. The van der Waals surface area contributed by atoms with Crippen LogP contribution < -0.4 is 10.9 Å². The normalized spacial score (nSPS) is 15.0. The summed E-state index contributed by atoms with van der Waals surface area (Å²) in [6.07, 6.45) is 5.46. The van der Waals surface area contributed by atoms with Crippen LogP contribution in [-0.4, -0.2) is 37.8 Å². The van der Waals surface area contributed by atoms with Crippen LogP contribution in [0.25, 0.3) is 23.1 Å². The van der Waals surface area contributed by atoms with Gasteiger partial charge in [0.15, 0.2) is 0 Å². The number of fused-ring (bicyclic) bond motifs is 1. The first-order valence-electron chi connectivity index (χ1n) is 8.42. The molecule has 0 aliphatic carbocycles. The zero-order valence-corrected chi connectivity index (χ0v) is 15.5. The van der Waals surface area contributed by atoms with Gasteiger partial charge in [-0.1, -0.05) is 10.7 Å². The summed E-state index contributed by atoms with van der Waals surface area (Å²) in [5, 5.41) is 11.8. The Morgan fingerprint density at radius 3 is 2.85 bits per heavy atom. The predicted octanol–water partition coefficient (Wildman–Crippen LogP) is 2.38. The maximum Gasteiger partial charge on any atom is 0.251 e. The molecule has 0 aromatic carbocycles. The summed E-state index contributed by atoms with van der Waals surface area (Å²) in [5.74, 6) is 1.16. The molecule has 2 N–H and O–H groups in total. The Hall–Kier alpha value is -2.45. The fraction of sp³-hybridized carbons (Fsp3) is 0.412. The lowest BCUT2D eigenvalue weighted by Crippen LogP contribution is -2.28. The van der Waals surface area contributed by atoms with E-state index >= 15 is 0 Å². The molecular formula is C17H21ClN6O2. The van der Waals surface area contributed by atoms with E-state index in [1.165, 1.54) is 0 Å². The van der Waals surface area contributed by atoms with Crippen LogP contribution in [0.3, 0.4) is 0 Å². The number of allylic oxidation sites excluding steroid dienone is 1. The minimum atomic E-state index is -0.143. The van der Waals surface area contributed by atoms with E-state index in [9.17, 15) is 4.79 Å². The molecule has 4 heterocycles. The monoisotopic (exact) mass is 376 g/mol. The van der Waals surface area contributed by atoms with Crippen molar-refractivity contribution in [2.75, 3.05) is 13.1 Å². The van der Waals surface area contributed by atoms with Crippen molar-refractivity contribution in [1.29, 1.82) is 0 Å². The number of nitrogens with zero attached hydrogens (tertiary/aromatic N) is 4. The molecule has 0 unspecified atom stereocenters. The highest BCUT2D eigenvalue weighted by Gasteiger charge is 2.22. The third kappa shape index (κ3) is 3.42. The van der Waals surface area contributed by atoms with Gasteiger partial charge in [0, 0.05) is 18.1 Å². The van der Waals surface area contributed by atoms with Gasteiger partial charge >= 0.3 is 0 Å². The molecule has 0 saturated carbocycles. The second kappa shape index (κ2) is 7.43. The van der Waals surface area contributed by atoms with E-state index < -0.39 is 0 Å². The molecule has 0 bridgehead atoms. The smallest absolute Gasteiger partial charge is 0.251 e. The average molecular weight is 377 g/mol. The number of nitrogens with one attached hydrogen (secondary N) is 2. The third-order valence-corrected chi connectivity index (χ3v) is 4.39. The van der Waals surface area contributed by atoms with Crippen molar-refractivity contribution in [2.45, 2.75) is 32.6 Å². The molecule has 3 aromatic heterocycles. The summed E-state index contributed by atoms with van der Waals surface area (Å²) in [6.45, 7) is 5.82. The summed E-state index contributed by atoms with van der Waals surface area (Å²) < 4.78 is 7.05. The highest BCUT2D eigenvalue weighted by atomic mass is 35.5. The molecule has 0 radical (unpaired) electrons. The van der Waals surface area contributed by atoms with E-state index in [0.717, 1.165) is 37.2 Å².